The van der Waals surface area contributed by atoms with Gasteiger partial charge >= 0.3 is 0 Å². The molecule has 2 N–H and O–H groups in total. The van der Waals surface area contributed by atoms with Gasteiger partial charge in [0.2, 0.25) is 17.6 Å². The monoisotopic (exact) mass is 393 g/mol. The molecule has 0 aliphatic heterocycles. The first-order chi connectivity index (χ1) is 14.0. The number of nitrogens with one attached hydrogen (secondary N) is 1. The van der Waals surface area contributed by atoms with Gasteiger partial charge in [0.1, 0.15) is 5.52 Å². The van der Waals surface area contributed by atoms with Gasteiger partial charge < -0.3 is 15.2 Å². The van der Waals surface area contributed by atoms with Crippen LogP contribution in [0.25, 0.3) is 22.4 Å². The Morgan fingerprint density at radius 1 is 1.24 bits per heavy atom. The lowest BCUT2D eigenvalue weighted by atomic mass is 9.84. The number of aromatic nitrogens is 6. The Hall–Kier alpha value is -3.20. The number of imidazole rings is 1. The summed E-state index contributed by atoms with van der Waals surface area (Å²) < 4.78 is 9.25. The van der Waals surface area contributed by atoms with Crippen molar-refractivity contribution in [1.82, 2.24) is 29.0 Å². The molecule has 0 aromatic carbocycles. The molecule has 0 radical (unpaired) electrons. The fourth-order valence-corrected chi connectivity index (χ4v) is 3.95. The Morgan fingerprint density at radius 2 is 2.07 bits per heavy atom. The molecular weight excluding hydrogens is 370 g/mol. The summed E-state index contributed by atoms with van der Waals surface area (Å²) in [5, 5.41) is 18.2. The zero-order valence-electron chi connectivity index (χ0n) is 16.4. The van der Waals surface area contributed by atoms with Gasteiger partial charge in [-0.05, 0) is 38.7 Å². The maximum absolute atomic E-state index is 10.2. The molecule has 9 nitrogen and oxygen atoms in total. The van der Waals surface area contributed by atoms with Crippen LogP contribution in [-0.2, 0) is 0 Å². The van der Waals surface area contributed by atoms with Gasteiger partial charge in [0, 0.05) is 48.2 Å². The van der Waals surface area contributed by atoms with Crippen LogP contribution in [0.5, 0.6) is 5.88 Å². The van der Waals surface area contributed by atoms with E-state index in [1.54, 1.807) is 24.0 Å². The van der Waals surface area contributed by atoms with Crippen molar-refractivity contribution in [2.75, 3.05) is 12.4 Å². The molecule has 1 aliphatic carbocycles. The largest absolute Gasteiger partial charge is 0.479 e. The number of aliphatic hydroxyl groups is 1. The molecule has 4 aromatic rings. The third-order valence-electron chi connectivity index (χ3n) is 5.62. The average Bonchev–Trinajstić information content (AvgIpc) is 3.35. The summed E-state index contributed by atoms with van der Waals surface area (Å²) in [6.07, 6.45) is 12.5. The molecule has 0 amide bonds. The Kier molecular flexibility index (Phi) is 4.13. The molecule has 1 fully saturated rings. The van der Waals surface area contributed by atoms with Crippen LogP contribution in [-0.4, -0.2) is 52.8 Å². The molecule has 0 atom stereocenters. The molecule has 1 saturated carbocycles. The number of methoxy groups -OCH3 is 1. The SMILES string of the molecule is COc1nc(N[C@H]2CC[C@@](C)(O)CC2)nn2ccc(-c3cnc4nccn4c3)c12. The van der Waals surface area contributed by atoms with E-state index in [0.29, 0.717) is 17.6 Å². The van der Waals surface area contributed by atoms with Gasteiger partial charge in [0.05, 0.1) is 12.7 Å². The first kappa shape index (κ1) is 17.9. The van der Waals surface area contributed by atoms with E-state index in [2.05, 4.69) is 25.4 Å². The predicted octanol–water partition coefficient (Wildman–Crippen LogP) is 2.55. The van der Waals surface area contributed by atoms with Gasteiger partial charge in [-0.2, -0.15) is 4.98 Å². The second kappa shape index (κ2) is 6.70. The van der Waals surface area contributed by atoms with E-state index in [9.17, 15) is 5.11 Å². The highest BCUT2D eigenvalue weighted by Crippen LogP contribution is 2.32. The lowest BCUT2D eigenvalue weighted by Gasteiger charge is -2.33. The second-order valence-electron chi connectivity index (χ2n) is 7.86. The van der Waals surface area contributed by atoms with Gasteiger partial charge in [-0.15, -0.1) is 5.10 Å². The molecule has 4 aromatic heterocycles. The lowest BCUT2D eigenvalue weighted by Crippen LogP contribution is -2.36. The number of rotatable bonds is 4. The molecule has 150 valence electrons. The van der Waals surface area contributed by atoms with E-state index in [0.717, 1.165) is 42.3 Å². The molecule has 4 heterocycles. The van der Waals surface area contributed by atoms with Crippen molar-refractivity contribution >= 4 is 17.2 Å². The third kappa shape index (κ3) is 3.27. The molecule has 9 heteroatoms. The smallest absolute Gasteiger partial charge is 0.244 e. The fourth-order valence-electron chi connectivity index (χ4n) is 3.95. The number of anilines is 1. The van der Waals surface area contributed by atoms with Crippen molar-refractivity contribution < 1.29 is 9.84 Å². The molecule has 29 heavy (non-hydrogen) atoms. The standard InChI is InChI=1S/C20H23N7O2/c1-20(28)6-3-14(4-7-20)23-18-24-17(29-2)16-15(5-9-27(16)25-18)13-11-22-19-21-8-10-26(19)12-13/h5,8-12,14,28H,3-4,6-7H2,1-2H3,(H,23,25)/t14-,20+. The second-order valence-corrected chi connectivity index (χ2v) is 7.86. The van der Waals surface area contributed by atoms with Gasteiger partial charge in [0.25, 0.3) is 0 Å². The highest BCUT2D eigenvalue weighted by Gasteiger charge is 2.29. The summed E-state index contributed by atoms with van der Waals surface area (Å²) in [5.41, 5.74) is 2.08. The minimum Gasteiger partial charge on any atom is -0.479 e. The van der Waals surface area contributed by atoms with Crippen LogP contribution in [0.2, 0.25) is 0 Å². The minimum absolute atomic E-state index is 0.236. The predicted molar refractivity (Wildman–Crippen MR) is 108 cm³/mol. The molecule has 0 spiro atoms. The summed E-state index contributed by atoms with van der Waals surface area (Å²) in [4.78, 5) is 13.2. The Balaban J connectivity index is 1.49. The third-order valence-corrected chi connectivity index (χ3v) is 5.62. The number of nitrogens with zero attached hydrogens (tertiary/aromatic N) is 6. The van der Waals surface area contributed by atoms with E-state index in [1.165, 1.54) is 0 Å². The van der Waals surface area contributed by atoms with Gasteiger partial charge in [-0.1, -0.05) is 0 Å². The van der Waals surface area contributed by atoms with Crippen LogP contribution >= 0.6 is 0 Å². The van der Waals surface area contributed by atoms with Crippen LogP contribution in [0.1, 0.15) is 32.6 Å². The first-order valence-electron chi connectivity index (χ1n) is 9.74. The van der Waals surface area contributed by atoms with Crippen LogP contribution in [0.15, 0.2) is 37.1 Å². The summed E-state index contributed by atoms with van der Waals surface area (Å²) >= 11 is 0. The zero-order valence-corrected chi connectivity index (χ0v) is 16.4. The van der Waals surface area contributed by atoms with Crippen molar-refractivity contribution in [3.63, 3.8) is 0 Å². The molecule has 0 unspecified atom stereocenters. The van der Waals surface area contributed by atoms with Crippen molar-refractivity contribution in [3.05, 3.63) is 37.1 Å². The van der Waals surface area contributed by atoms with Crippen molar-refractivity contribution in [3.8, 4) is 17.0 Å². The van der Waals surface area contributed by atoms with Gasteiger partial charge in [-0.25, -0.2) is 14.5 Å². The van der Waals surface area contributed by atoms with Crippen LogP contribution in [0.4, 0.5) is 5.95 Å². The number of fused-ring (bicyclic) bond motifs is 2. The summed E-state index contributed by atoms with van der Waals surface area (Å²) in [7, 11) is 1.61. The topological polar surface area (TPSA) is 102 Å². The highest BCUT2D eigenvalue weighted by molar-refractivity contribution is 5.84. The number of hydrogen-bond donors (Lipinski definition) is 2. The molecule has 0 bridgehead atoms. The minimum atomic E-state index is -0.569. The summed E-state index contributed by atoms with van der Waals surface area (Å²) in [6, 6.07) is 2.22. The van der Waals surface area contributed by atoms with E-state index in [4.69, 9.17) is 4.74 Å². The van der Waals surface area contributed by atoms with E-state index in [-0.39, 0.29) is 6.04 Å². The quantitative estimate of drug-likeness (QED) is 0.549. The maximum atomic E-state index is 10.2. The van der Waals surface area contributed by atoms with Crippen molar-refractivity contribution in [1.29, 1.82) is 0 Å². The first-order valence-corrected chi connectivity index (χ1v) is 9.74. The van der Waals surface area contributed by atoms with Crippen LogP contribution < -0.4 is 10.1 Å². The highest BCUT2D eigenvalue weighted by atomic mass is 16.5. The van der Waals surface area contributed by atoms with E-state index in [1.807, 2.05) is 36.0 Å². The van der Waals surface area contributed by atoms with E-state index >= 15 is 0 Å². The Morgan fingerprint density at radius 3 is 2.86 bits per heavy atom. The summed E-state index contributed by atoms with van der Waals surface area (Å²) in [5.74, 6) is 1.67. The molecule has 5 rings (SSSR count). The van der Waals surface area contributed by atoms with Gasteiger partial charge in [-0.3, -0.25) is 4.40 Å². The molecule has 1 aliphatic rings. The van der Waals surface area contributed by atoms with E-state index < -0.39 is 5.60 Å². The lowest BCUT2D eigenvalue weighted by molar-refractivity contribution is 0.0195. The molecular formula is C20H23N7O2. The summed E-state index contributed by atoms with van der Waals surface area (Å²) in [6.45, 7) is 1.89. The number of ether oxygens (including phenoxy) is 1. The van der Waals surface area contributed by atoms with Crippen LogP contribution in [0, 0.1) is 0 Å². The zero-order chi connectivity index (χ0) is 20.0. The molecule has 0 saturated heterocycles. The Labute approximate surface area is 167 Å². The van der Waals surface area contributed by atoms with Crippen molar-refractivity contribution in [2.45, 2.75) is 44.2 Å². The maximum Gasteiger partial charge on any atom is 0.244 e. The normalized spacial score (nSPS) is 22.2. The van der Waals surface area contributed by atoms with Crippen LogP contribution in [0.3, 0.4) is 0 Å². The van der Waals surface area contributed by atoms with Gasteiger partial charge in [0.15, 0.2) is 0 Å². The number of hydrogen-bond acceptors (Lipinski definition) is 7. The fraction of sp³-hybridized carbons (Fsp3) is 0.400. The van der Waals surface area contributed by atoms with Crippen molar-refractivity contribution in [2.24, 2.45) is 0 Å². The average molecular weight is 393 g/mol. The Bertz CT molecular complexity index is 1170.